The Bertz CT molecular complexity index is 184. The van der Waals surface area contributed by atoms with E-state index >= 15 is 0 Å². The highest BCUT2D eigenvalue weighted by Crippen LogP contribution is 2.12. The number of ether oxygens (including phenoxy) is 1. The van der Waals surface area contributed by atoms with Gasteiger partial charge in [-0.15, -0.1) is 0 Å². The van der Waals surface area contributed by atoms with Crippen molar-refractivity contribution < 1.29 is 4.74 Å². The number of hydrogen-bond acceptors (Lipinski definition) is 2. The van der Waals surface area contributed by atoms with Crippen LogP contribution in [0.25, 0.3) is 0 Å². The molecule has 4 heteroatoms. The van der Waals surface area contributed by atoms with Gasteiger partial charge in [-0.25, -0.2) is 0 Å². The Morgan fingerprint density at radius 2 is 1.94 bits per heavy atom. The molecular formula is C12H26N2OS. The monoisotopic (exact) mass is 246 g/mol. The predicted molar refractivity (Wildman–Crippen MR) is 73.8 cm³/mol. The van der Waals surface area contributed by atoms with E-state index in [1.54, 1.807) is 7.11 Å². The summed E-state index contributed by atoms with van der Waals surface area (Å²) in [4.78, 5) is 0. The molecule has 0 radical (unpaired) electrons. The number of nitrogens with one attached hydrogen (secondary N) is 2. The van der Waals surface area contributed by atoms with Crippen LogP contribution in [0.15, 0.2) is 0 Å². The Labute approximate surface area is 105 Å². The van der Waals surface area contributed by atoms with Gasteiger partial charge in [0, 0.05) is 26.3 Å². The Kier molecular flexibility index (Phi) is 9.63. The highest BCUT2D eigenvalue weighted by molar-refractivity contribution is 7.80. The first-order chi connectivity index (χ1) is 7.65. The molecule has 0 saturated heterocycles. The SMILES string of the molecule is CCC(CC)C(C)NC(=S)NCCCOC. The molecule has 16 heavy (non-hydrogen) atoms. The molecule has 0 bridgehead atoms. The molecule has 0 fully saturated rings. The normalized spacial score (nSPS) is 12.6. The minimum Gasteiger partial charge on any atom is -0.385 e. The third-order valence-corrected chi connectivity index (χ3v) is 3.19. The third kappa shape index (κ3) is 7.01. The average Bonchev–Trinajstić information content (AvgIpc) is 2.26. The molecule has 0 amide bonds. The molecular weight excluding hydrogens is 220 g/mol. The van der Waals surface area contributed by atoms with Gasteiger partial charge in [-0.3, -0.25) is 0 Å². The second-order valence-corrected chi connectivity index (χ2v) is 4.52. The van der Waals surface area contributed by atoms with E-state index in [-0.39, 0.29) is 0 Å². The smallest absolute Gasteiger partial charge is 0.166 e. The van der Waals surface area contributed by atoms with Gasteiger partial charge in [0.05, 0.1) is 0 Å². The maximum atomic E-state index is 5.23. The summed E-state index contributed by atoms with van der Waals surface area (Å²) in [6.07, 6.45) is 3.37. The summed E-state index contributed by atoms with van der Waals surface area (Å²) in [6.45, 7) is 8.29. The van der Waals surface area contributed by atoms with Gasteiger partial charge in [0.2, 0.25) is 0 Å². The number of hydrogen-bond donors (Lipinski definition) is 2. The molecule has 1 unspecified atom stereocenters. The van der Waals surface area contributed by atoms with Crippen molar-refractivity contribution in [3.05, 3.63) is 0 Å². The van der Waals surface area contributed by atoms with Crippen LogP contribution in [0, 0.1) is 5.92 Å². The van der Waals surface area contributed by atoms with Crippen molar-refractivity contribution in [2.24, 2.45) is 5.92 Å². The van der Waals surface area contributed by atoms with Crippen LogP contribution in [0.4, 0.5) is 0 Å². The fraction of sp³-hybridized carbons (Fsp3) is 0.917. The lowest BCUT2D eigenvalue weighted by atomic mass is 9.96. The van der Waals surface area contributed by atoms with Gasteiger partial charge in [0.1, 0.15) is 0 Å². The minimum absolute atomic E-state index is 0.442. The first-order valence-electron chi connectivity index (χ1n) is 6.18. The standard InChI is InChI=1S/C12H26N2OS/c1-5-11(6-2)10(3)14-12(16)13-8-7-9-15-4/h10-11H,5-9H2,1-4H3,(H2,13,14,16). The van der Waals surface area contributed by atoms with Crippen molar-refractivity contribution in [1.29, 1.82) is 0 Å². The van der Waals surface area contributed by atoms with Crippen molar-refractivity contribution >= 4 is 17.3 Å². The molecule has 0 aliphatic heterocycles. The van der Waals surface area contributed by atoms with Crippen molar-refractivity contribution in [2.45, 2.75) is 46.1 Å². The summed E-state index contributed by atoms with van der Waals surface area (Å²) < 4.78 is 4.97. The lowest BCUT2D eigenvalue weighted by molar-refractivity contribution is 0.195. The van der Waals surface area contributed by atoms with E-state index in [2.05, 4.69) is 31.4 Å². The molecule has 0 spiro atoms. The summed E-state index contributed by atoms with van der Waals surface area (Å²) in [5.74, 6) is 0.693. The molecule has 0 heterocycles. The summed E-state index contributed by atoms with van der Waals surface area (Å²) in [7, 11) is 1.71. The minimum atomic E-state index is 0.442. The van der Waals surface area contributed by atoms with Gasteiger partial charge in [-0.05, 0) is 31.5 Å². The second-order valence-electron chi connectivity index (χ2n) is 4.11. The van der Waals surface area contributed by atoms with Gasteiger partial charge in [-0.1, -0.05) is 26.7 Å². The molecule has 0 rings (SSSR count). The lowest BCUT2D eigenvalue weighted by Crippen LogP contribution is -2.44. The molecule has 0 aromatic carbocycles. The van der Waals surface area contributed by atoms with E-state index in [0.29, 0.717) is 12.0 Å². The van der Waals surface area contributed by atoms with Gasteiger partial charge >= 0.3 is 0 Å². The van der Waals surface area contributed by atoms with Crippen molar-refractivity contribution in [1.82, 2.24) is 10.6 Å². The summed E-state index contributed by atoms with van der Waals surface area (Å²) in [5.41, 5.74) is 0. The van der Waals surface area contributed by atoms with E-state index in [4.69, 9.17) is 17.0 Å². The molecule has 0 aliphatic carbocycles. The molecule has 1 atom stereocenters. The van der Waals surface area contributed by atoms with Crippen LogP contribution < -0.4 is 10.6 Å². The van der Waals surface area contributed by atoms with Crippen LogP contribution in [0.1, 0.15) is 40.0 Å². The fourth-order valence-electron chi connectivity index (χ4n) is 1.79. The van der Waals surface area contributed by atoms with Crippen molar-refractivity contribution in [3.8, 4) is 0 Å². The Morgan fingerprint density at radius 1 is 1.31 bits per heavy atom. The number of methoxy groups -OCH3 is 1. The summed E-state index contributed by atoms with van der Waals surface area (Å²) in [6, 6.07) is 0.442. The quantitative estimate of drug-likeness (QED) is 0.509. The van der Waals surface area contributed by atoms with Gasteiger partial charge in [0.15, 0.2) is 5.11 Å². The molecule has 0 aromatic rings. The van der Waals surface area contributed by atoms with E-state index in [0.717, 1.165) is 24.7 Å². The molecule has 0 saturated carbocycles. The van der Waals surface area contributed by atoms with E-state index in [9.17, 15) is 0 Å². The van der Waals surface area contributed by atoms with Crippen molar-refractivity contribution in [3.63, 3.8) is 0 Å². The second kappa shape index (κ2) is 9.85. The van der Waals surface area contributed by atoms with Crippen LogP contribution >= 0.6 is 12.2 Å². The number of thiocarbonyl (C=S) groups is 1. The zero-order chi connectivity index (χ0) is 12.4. The van der Waals surface area contributed by atoms with Crippen LogP contribution in [-0.4, -0.2) is 31.4 Å². The molecule has 2 N–H and O–H groups in total. The van der Waals surface area contributed by atoms with Gasteiger partial charge in [0.25, 0.3) is 0 Å². The average molecular weight is 246 g/mol. The Balaban J connectivity index is 3.68. The van der Waals surface area contributed by atoms with Crippen LogP contribution in [0.3, 0.4) is 0 Å². The Hall–Kier alpha value is -0.350. The van der Waals surface area contributed by atoms with E-state index in [1.807, 2.05) is 0 Å². The fourth-order valence-corrected chi connectivity index (χ4v) is 2.08. The Morgan fingerprint density at radius 3 is 2.44 bits per heavy atom. The lowest BCUT2D eigenvalue weighted by Gasteiger charge is -2.24. The van der Waals surface area contributed by atoms with Crippen LogP contribution in [0.2, 0.25) is 0 Å². The van der Waals surface area contributed by atoms with Gasteiger partial charge in [-0.2, -0.15) is 0 Å². The highest BCUT2D eigenvalue weighted by Gasteiger charge is 2.13. The van der Waals surface area contributed by atoms with E-state index < -0.39 is 0 Å². The maximum Gasteiger partial charge on any atom is 0.166 e. The van der Waals surface area contributed by atoms with Crippen molar-refractivity contribution in [2.75, 3.05) is 20.3 Å². The number of rotatable bonds is 8. The third-order valence-electron chi connectivity index (χ3n) is 2.93. The molecule has 0 aliphatic rings. The topological polar surface area (TPSA) is 33.3 Å². The zero-order valence-corrected chi connectivity index (χ0v) is 11.8. The maximum absolute atomic E-state index is 5.23. The first-order valence-corrected chi connectivity index (χ1v) is 6.59. The molecule has 0 aromatic heterocycles. The largest absolute Gasteiger partial charge is 0.385 e. The predicted octanol–water partition coefficient (Wildman–Crippen LogP) is 2.31. The summed E-state index contributed by atoms with van der Waals surface area (Å²) in [5, 5.41) is 7.29. The van der Waals surface area contributed by atoms with Gasteiger partial charge < -0.3 is 15.4 Å². The molecule has 96 valence electrons. The molecule has 3 nitrogen and oxygen atoms in total. The highest BCUT2D eigenvalue weighted by atomic mass is 32.1. The van der Waals surface area contributed by atoms with E-state index in [1.165, 1.54) is 12.8 Å². The first kappa shape index (κ1) is 15.7. The summed E-state index contributed by atoms with van der Waals surface area (Å²) >= 11 is 5.23. The zero-order valence-electron chi connectivity index (χ0n) is 11.0. The van der Waals surface area contributed by atoms with Crippen LogP contribution in [0.5, 0.6) is 0 Å². The van der Waals surface area contributed by atoms with Crippen LogP contribution in [-0.2, 0) is 4.74 Å².